The van der Waals surface area contributed by atoms with E-state index in [2.05, 4.69) is 74.6 Å². The normalized spacial score (nSPS) is 14.0. The summed E-state index contributed by atoms with van der Waals surface area (Å²) >= 11 is 0. The maximum atomic E-state index is 12.7. The van der Waals surface area contributed by atoms with E-state index in [1.807, 2.05) is 21.1 Å². The van der Waals surface area contributed by atoms with Crippen molar-refractivity contribution in [3.05, 3.63) is 60.8 Å². The van der Waals surface area contributed by atoms with Crippen LogP contribution >= 0.6 is 7.82 Å². The third-order valence-corrected chi connectivity index (χ3v) is 11.0. The second-order valence-corrected chi connectivity index (χ2v) is 18.5. The molecule has 0 spiro atoms. The summed E-state index contributed by atoms with van der Waals surface area (Å²) in [6.07, 6.45) is 51.0. The van der Waals surface area contributed by atoms with Gasteiger partial charge in [-0.2, -0.15) is 0 Å². The third kappa shape index (κ3) is 45.2. The number of unbranched alkanes of at least 4 members (excludes halogenated alkanes) is 19. The second kappa shape index (κ2) is 42.0. The van der Waals surface area contributed by atoms with Crippen molar-refractivity contribution < 1.29 is 42.1 Å². The lowest BCUT2D eigenvalue weighted by atomic mass is 10.1. The van der Waals surface area contributed by atoms with Crippen LogP contribution in [0.5, 0.6) is 0 Å². The molecule has 348 valence electrons. The summed E-state index contributed by atoms with van der Waals surface area (Å²) in [6, 6.07) is 0. The molecule has 0 amide bonds. The van der Waals surface area contributed by atoms with Gasteiger partial charge >= 0.3 is 11.9 Å². The van der Waals surface area contributed by atoms with Gasteiger partial charge in [0.25, 0.3) is 7.82 Å². The minimum absolute atomic E-state index is 0.0372. The largest absolute Gasteiger partial charge is 0.756 e. The number of carbonyl (C=O) groups excluding carboxylic acids is 2. The van der Waals surface area contributed by atoms with Crippen LogP contribution in [0.15, 0.2) is 60.8 Å². The van der Waals surface area contributed by atoms with E-state index in [9.17, 15) is 19.0 Å². The fourth-order valence-corrected chi connectivity index (χ4v) is 6.96. The molecular weight excluding hydrogens is 774 g/mol. The smallest absolute Gasteiger partial charge is 0.306 e. The van der Waals surface area contributed by atoms with Crippen LogP contribution in [0.4, 0.5) is 0 Å². The van der Waals surface area contributed by atoms with Crippen molar-refractivity contribution in [1.29, 1.82) is 0 Å². The maximum absolute atomic E-state index is 12.7. The van der Waals surface area contributed by atoms with Gasteiger partial charge in [-0.1, -0.05) is 164 Å². The monoisotopic (exact) mass is 864 g/mol. The van der Waals surface area contributed by atoms with Crippen LogP contribution in [0, 0.1) is 0 Å². The van der Waals surface area contributed by atoms with Gasteiger partial charge in [0.05, 0.1) is 27.7 Å². The number of esters is 2. The van der Waals surface area contributed by atoms with Crippen molar-refractivity contribution in [2.24, 2.45) is 0 Å². The molecule has 0 N–H and O–H groups in total. The molecule has 2 unspecified atom stereocenters. The molecule has 0 aliphatic rings. The zero-order valence-corrected chi connectivity index (χ0v) is 40.0. The quantitative estimate of drug-likeness (QED) is 0.0196. The Morgan fingerprint density at radius 2 is 0.933 bits per heavy atom. The molecule has 60 heavy (non-hydrogen) atoms. The highest BCUT2D eigenvalue weighted by atomic mass is 31.2. The minimum atomic E-state index is -4.63. The van der Waals surface area contributed by atoms with Gasteiger partial charge in [0, 0.05) is 12.8 Å². The molecule has 2 atom stereocenters. The highest BCUT2D eigenvalue weighted by Crippen LogP contribution is 2.38. The number of carbonyl (C=O) groups is 2. The number of nitrogens with zero attached hydrogens (tertiary/aromatic N) is 1. The molecule has 0 aromatic rings. The number of hydrogen-bond acceptors (Lipinski definition) is 8. The summed E-state index contributed by atoms with van der Waals surface area (Å²) in [5, 5.41) is 0. The van der Waals surface area contributed by atoms with E-state index in [0.717, 1.165) is 83.5 Å². The Bertz CT molecular complexity index is 1210. The molecule has 0 aliphatic carbocycles. The Morgan fingerprint density at radius 3 is 1.40 bits per heavy atom. The number of likely N-dealkylation sites (N-methyl/N-ethyl adjacent to an activating group) is 1. The summed E-state index contributed by atoms with van der Waals surface area (Å²) in [6.45, 7) is 4.12. The summed E-state index contributed by atoms with van der Waals surface area (Å²) in [5.41, 5.74) is 0. The highest BCUT2D eigenvalue weighted by molar-refractivity contribution is 7.45. The minimum Gasteiger partial charge on any atom is -0.756 e. The number of allylic oxidation sites excluding steroid dienone is 10. The Labute approximate surface area is 368 Å². The van der Waals surface area contributed by atoms with Crippen LogP contribution in [0.3, 0.4) is 0 Å². The lowest BCUT2D eigenvalue weighted by Gasteiger charge is -2.28. The van der Waals surface area contributed by atoms with Gasteiger partial charge in [-0.05, 0) is 77.0 Å². The van der Waals surface area contributed by atoms with Crippen LogP contribution in [-0.4, -0.2) is 70.0 Å². The number of phosphoric ester groups is 1. The van der Waals surface area contributed by atoms with Crippen LogP contribution in [-0.2, 0) is 32.7 Å². The average Bonchev–Trinajstić information content (AvgIpc) is 3.20. The Kier molecular flexibility index (Phi) is 40.4. The van der Waals surface area contributed by atoms with Gasteiger partial charge in [-0.3, -0.25) is 14.2 Å². The molecule has 0 aromatic carbocycles. The first-order chi connectivity index (χ1) is 29.0. The first kappa shape index (κ1) is 57.7. The molecular formula is C50H90NO8P. The SMILES string of the molecule is CCC/C=C\C/C=C\CCCCCCCC(=O)OCC(COP(=O)([O-])OCC[N+](C)(C)C)OC(=O)CCCCCCCCCC/C=C\C/C=C\C/C=C\CCCCCCC. The number of ether oxygens (including phenoxy) is 2. The number of phosphoric acid groups is 1. The summed E-state index contributed by atoms with van der Waals surface area (Å²) in [5.74, 6) is -0.862. The predicted molar refractivity (Wildman–Crippen MR) is 250 cm³/mol. The zero-order chi connectivity index (χ0) is 44.3. The lowest BCUT2D eigenvalue weighted by molar-refractivity contribution is -0.870. The maximum Gasteiger partial charge on any atom is 0.306 e. The van der Waals surface area contributed by atoms with Crippen LogP contribution in [0.25, 0.3) is 0 Å². The van der Waals surface area contributed by atoms with Crippen LogP contribution < -0.4 is 4.89 Å². The molecule has 0 radical (unpaired) electrons. The van der Waals surface area contributed by atoms with Crippen LogP contribution in [0.2, 0.25) is 0 Å². The summed E-state index contributed by atoms with van der Waals surface area (Å²) in [4.78, 5) is 37.6. The first-order valence-corrected chi connectivity index (χ1v) is 25.5. The standard InChI is InChI=1S/C50H90NO8P/c1-6-8-10-12-14-16-18-20-21-22-23-24-25-26-27-28-29-31-33-35-37-39-41-43-50(53)59-48(47-58-60(54,55)57-45-44-51(3,4)5)46-56-49(52)42-40-38-36-34-32-30-19-17-15-13-11-9-7-2/h11,13,17-20,22-23,25-26,48H,6-10,12,14-16,21,24,27-47H2,1-5H3/b13-11-,19-17-,20-18-,23-22-,26-25-. The van der Waals surface area contributed by atoms with E-state index < -0.39 is 32.5 Å². The van der Waals surface area contributed by atoms with Gasteiger partial charge < -0.3 is 27.9 Å². The van der Waals surface area contributed by atoms with Gasteiger partial charge in [0.15, 0.2) is 6.10 Å². The van der Waals surface area contributed by atoms with Crippen molar-refractivity contribution in [2.75, 3.05) is 47.5 Å². The number of hydrogen-bond donors (Lipinski definition) is 0. The number of quaternary nitrogens is 1. The van der Waals surface area contributed by atoms with Gasteiger partial charge in [0.1, 0.15) is 19.8 Å². The van der Waals surface area contributed by atoms with Crippen molar-refractivity contribution in [3.8, 4) is 0 Å². The molecule has 0 saturated carbocycles. The highest BCUT2D eigenvalue weighted by Gasteiger charge is 2.21. The van der Waals surface area contributed by atoms with Gasteiger partial charge in [-0.15, -0.1) is 0 Å². The Balaban J connectivity index is 4.30. The summed E-state index contributed by atoms with van der Waals surface area (Å²) in [7, 11) is 1.14. The van der Waals surface area contributed by atoms with Crippen molar-refractivity contribution in [2.45, 2.75) is 200 Å². The van der Waals surface area contributed by atoms with Crippen molar-refractivity contribution in [1.82, 2.24) is 0 Å². The number of rotatable bonds is 43. The molecule has 0 rings (SSSR count). The lowest BCUT2D eigenvalue weighted by Crippen LogP contribution is -2.37. The zero-order valence-electron chi connectivity index (χ0n) is 39.1. The fourth-order valence-electron chi connectivity index (χ4n) is 6.23. The molecule has 9 nitrogen and oxygen atoms in total. The van der Waals surface area contributed by atoms with Crippen molar-refractivity contribution >= 4 is 19.8 Å². The average molecular weight is 864 g/mol. The predicted octanol–water partition coefficient (Wildman–Crippen LogP) is 13.4. The van der Waals surface area contributed by atoms with E-state index in [0.29, 0.717) is 23.9 Å². The van der Waals surface area contributed by atoms with Crippen LogP contribution in [0.1, 0.15) is 194 Å². The molecule has 0 fully saturated rings. The van der Waals surface area contributed by atoms with E-state index in [1.165, 1.54) is 70.6 Å². The van der Waals surface area contributed by atoms with Crippen molar-refractivity contribution in [3.63, 3.8) is 0 Å². The molecule has 0 saturated heterocycles. The third-order valence-electron chi connectivity index (χ3n) is 9.99. The van der Waals surface area contributed by atoms with E-state index >= 15 is 0 Å². The first-order valence-electron chi connectivity index (χ1n) is 24.0. The Hall–Kier alpha value is -2.29. The Morgan fingerprint density at radius 1 is 0.517 bits per heavy atom. The molecule has 10 heteroatoms. The van der Waals surface area contributed by atoms with Gasteiger partial charge in [0.2, 0.25) is 0 Å². The molecule has 0 aromatic heterocycles. The molecule has 0 bridgehead atoms. The molecule has 0 aliphatic heterocycles. The fraction of sp³-hybridized carbons (Fsp3) is 0.760. The van der Waals surface area contributed by atoms with Gasteiger partial charge in [-0.25, -0.2) is 0 Å². The van der Waals surface area contributed by atoms with E-state index in [1.54, 1.807) is 0 Å². The van der Waals surface area contributed by atoms with E-state index in [-0.39, 0.29) is 26.1 Å². The topological polar surface area (TPSA) is 111 Å². The van der Waals surface area contributed by atoms with E-state index in [4.69, 9.17) is 18.5 Å². The molecule has 0 heterocycles. The second-order valence-electron chi connectivity index (χ2n) is 17.1. The summed E-state index contributed by atoms with van der Waals surface area (Å²) < 4.78 is 33.9.